The Hall–Kier alpha value is -0.990. The van der Waals surface area contributed by atoms with Gasteiger partial charge in [0.25, 0.3) is 0 Å². The quantitative estimate of drug-likeness (QED) is 0.383. The molecule has 0 spiro atoms. The van der Waals surface area contributed by atoms with Crippen LogP contribution in [-0.4, -0.2) is 23.8 Å². The lowest BCUT2D eigenvalue weighted by Gasteiger charge is -2.41. The summed E-state index contributed by atoms with van der Waals surface area (Å²) in [5.41, 5.74) is 0. The Morgan fingerprint density at radius 2 is 0.864 bits per heavy atom. The number of rotatable bonds is 12. The molecule has 0 heterocycles. The number of halogens is 9. The molecule has 0 aliphatic carbocycles. The fourth-order valence-corrected chi connectivity index (χ4v) is 1.09. The first-order valence-corrected chi connectivity index (χ1v) is 4.08. The second-order valence-corrected chi connectivity index (χ2v) is 2.89. The summed E-state index contributed by atoms with van der Waals surface area (Å²) in [6.07, 6.45) is -4.13. The van der Waals surface area contributed by atoms with Gasteiger partial charge >= 0.3 is 23.8 Å². The van der Waals surface area contributed by atoms with Crippen molar-refractivity contribution in [2.75, 3.05) is 0 Å². The molecular formula is C4HF9O9. The molecule has 134 valence electrons. The van der Waals surface area contributed by atoms with E-state index in [1.165, 1.54) is 0 Å². The average Bonchev–Trinajstić information content (AvgIpc) is 2.58. The predicted molar refractivity (Wildman–Crippen MR) is 31.7 cm³/mol. The molecule has 0 aliphatic rings. The fourth-order valence-electron chi connectivity index (χ4n) is 1.09. The third-order valence-corrected chi connectivity index (χ3v) is 2.09. The Bertz CT molecular complexity index is 297. The van der Waals surface area contributed by atoms with Crippen LogP contribution in [0.3, 0.4) is 0 Å². The largest absolute Gasteiger partial charge is 0.445 e. The summed E-state index contributed by atoms with van der Waals surface area (Å²) in [4.78, 5) is 19.3. The molecule has 22 heavy (non-hydrogen) atoms. The molecule has 0 bridgehead atoms. The van der Waals surface area contributed by atoms with Gasteiger partial charge in [-0.3, -0.25) is 0 Å². The fraction of sp³-hybridized carbons (Fsp3) is 1.00. The minimum absolute atomic E-state index is 2.06. The highest BCUT2D eigenvalue weighted by Gasteiger charge is 2.85. The molecule has 0 rings (SSSR count). The molecule has 9 nitrogen and oxygen atoms in total. The summed E-state index contributed by atoms with van der Waals surface area (Å²) in [5.74, 6) is -16.3. The zero-order valence-corrected chi connectivity index (χ0v) is 9.15. The van der Waals surface area contributed by atoms with E-state index in [1.807, 2.05) is 0 Å². The number of hydrogen-bond acceptors (Lipinski definition) is 9. The third kappa shape index (κ3) is 2.68. The molecule has 0 saturated heterocycles. The monoisotopic (exact) mass is 364 g/mol. The maximum atomic E-state index is 12.4. The van der Waals surface area contributed by atoms with Gasteiger partial charge in [-0.1, -0.05) is 0 Å². The van der Waals surface area contributed by atoms with Crippen LogP contribution in [0, 0.1) is 0 Å². The van der Waals surface area contributed by atoms with Crippen molar-refractivity contribution in [2.24, 2.45) is 0 Å². The van der Waals surface area contributed by atoms with Crippen molar-refractivity contribution in [2.45, 2.75) is 23.8 Å². The molecule has 0 unspecified atom stereocenters. The highest BCUT2D eigenvalue weighted by Crippen LogP contribution is 2.49. The highest BCUT2D eigenvalue weighted by molar-refractivity contribution is 4.96. The molecule has 0 aromatic rings. The summed E-state index contributed by atoms with van der Waals surface area (Å²) >= 11 is 0. The smallest absolute Gasteiger partial charge is 0.152 e. The van der Waals surface area contributed by atoms with Gasteiger partial charge in [0.1, 0.15) is 0 Å². The lowest BCUT2D eigenvalue weighted by Crippen LogP contribution is -2.74. The molecule has 0 fully saturated rings. The average molecular weight is 364 g/mol. The highest BCUT2D eigenvalue weighted by atomic mass is 19.4. The van der Waals surface area contributed by atoms with E-state index >= 15 is 0 Å². The summed E-state index contributed by atoms with van der Waals surface area (Å²) in [6.45, 7) is 0. The van der Waals surface area contributed by atoms with Crippen molar-refractivity contribution in [3.63, 3.8) is 0 Å². The Balaban J connectivity index is 6.48. The van der Waals surface area contributed by atoms with Crippen LogP contribution < -0.4 is 0 Å². The molecule has 0 saturated carbocycles. The summed E-state index contributed by atoms with van der Waals surface area (Å²) in [5, 5.41) is 0. The van der Waals surface area contributed by atoms with E-state index in [0.29, 0.717) is 0 Å². The Morgan fingerprint density at radius 3 is 1.05 bits per heavy atom. The Kier molecular flexibility index (Phi) is 8.21. The van der Waals surface area contributed by atoms with E-state index in [4.69, 9.17) is 0 Å². The topological polar surface area (TPSA) is 83.1 Å². The Morgan fingerprint density at radius 1 is 0.500 bits per heavy atom. The van der Waals surface area contributed by atoms with Crippen LogP contribution in [0.2, 0.25) is 0 Å². The molecule has 0 atom stereocenters. The van der Waals surface area contributed by atoms with Gasteiger partial charge in [-0.05, 0) is 40.7 Å². The second kappa shape index (κ2) is 8.59. The van der Waals surface area contributed by atoms with Crippen molar-refractivity contribution < 1.29 is 85.2 Å². The summed E-state index contributed by atoms with van der Waals surface area (Å²) in [7, 11) is 0. The van der Waals surface area contributed by atoms with E-state index in [0.717, 1.165) is 0 Å². The molecule has 0 aromatic carbocycles. The molecule has 0 aliphatic heterocycles. The predicted octanol–water partition coefficient (Wildman–Crippen LogP) is 2.47. The molecular weight excluding hydrogens is 363 g/mol. The van der Waals surface area contributed by atoms with Gasteiger partial charge in [-0.2, -0.15) is 9.88 Å². The molecule has 18 heteroatoms. The first-order valence-electron chi connectivity index (χ1n) is 4.08. The van der Waals surface area contributed by atoms with E-state index < -0.39 is 23.8 Å². The van der Waals surface area contributed by atoms with Crippen molar-refractivity contribution in [1.82, 2.24) is 0 Å². The lowest BCUT2D eigenvalue weighted by atomic mass is 10.0. The van der Waals surface area contributed by atoms with E-state index in [2.05, 4.69) is 44.5 Å². The Labute approximate surface area is 110 Å². The summed E-state index contributed by atoms with van der Waals surface area (Å²) < 4.78 is 110. The van der Waals surface area contributed by atoms with Crippen molar-refractivity contribution in [1.29, 1.82) is 0 Å². The standard InChI is InChI=1S/C4HF9O9/c5-14-1(15-6)2(16-7,17-8)3(18-9,19-10)4(20-11,21-12)22-13/h1H. The summed E-state index contributed by atoms with van der Waals surface area (Å²) in [6, 6.07) is 0. The van der Waals surface area contributed by atoms with Gasteiger partial charge in [0, 0.05) is 0 Å². The molecule has 0 N–H and O–H groups in total. The van der Waals surface area contributed by atoms with Crippen LogP contribution in [-0.2, 0) is 44.5 Å². The van der Waals surface area contributed by atoms with Crippen molar-refractivity contribution >= 4 is 0 Å². The number of hydrogen-bond donors (Lipinski definition) is 0. The lowest BCUT2D eigenvalue weighted by molar-refractivity contribution is -0.698. The zero-order valence-electron chi connectivity index (χ0n) is 9.15. The van der Waals surface area contributed by atoms with Crippen LogP contribution in [0.5, 0.6) is 0 Å². The minimum atomic E-state index is -5.56. The molecule has 0 amide bonds. The van der Waals surface area contributed by atoms with E-state index in [-0.39, 0.29) is 0 Å². The van der Waals surface area contributed by atoms with Crippen LogP contribution in [0.25, 0.3) is 0 Å². The SMILES string of the molecule is FOC(OF)C(OF)(OF)C(OF)(OF)C(OF)(OF)OF. The van der Waals surface area contributed by atoms with E-state index in [9.17, 15) is 40.7 Å². The van der Waals surface area contributed by atoms with E-state index in [1.54, 1.807) is 0 Å². The third-order valence-electron chi connectivity index (χ3n) is 2.09. The van der Waals surface area contributed by atoms with Crippen molar-refractivity contribution in [3.8, 4) is 0 Å². The van der Waals surface area contributed by atoms with Gasteiger partial charge < -0.3 is 0 Å². The first-order chi connectivity index (χ1) is 10.4. The van der Waals surface area contributed by atoms with Gasteiger partial charge in [0.15, 0.2) is 0 Å². The second-order valence-electron chi connectivity index (χ2n) is 2.89. The van der Waals surface area contributed by atoms with Crippen LogP contribution >= 0.6 is 0 Å². The van der Waals surface area contributed by atoms with Gasteiger partial charge in [0.2, 0.25) is 0 Å². The maximum Gasteiger partial charge on any atom is 0.445 e. The van der Waals surface area contributed by atoms with Gasteiger partial charge in [0.05, 0.1) is 0 Å². The molecule has 0 aromatic heterocycles. The van der Waals surface area contributed by atoms with Crippen molar-refractivity contribution in [3.05, 3.63) is 0 Å². The minimum Gasteiger partial charge on any atom is -0.152 e. The van der Waals surface area contributed by atoms with Crippen LogP contribution in [0.4, 0.5) is 40.7 Å². The zero-order chi connectivity index (χ0) is 17.4. The maximum absolute atomic E-state index is 12.4. The van der Waals surface area contributed by atoms with Crippen LogP contribution in [0.1, 0.15) is 0 Å². The first kappa shape index (κ1) is 21.0. The molecule has 0 radical (unpaired) electrons. The van der Waals surface area contributed by atoms with Gasteiger partial charge in [-0.25, -0.2) is 0 Å². The van der Waals surface area contributed by atoms with Crippen LogP contribution in [0.15, 0.2) is 0 Å². The normalized spacial score (nSPS) is 13.9. The van der Waals surface area contributed by atoms with Gasteiger partial charge in [-0.15, -0.1) is 34.6 Å².